The van der Waals surface area contributed by atoms with Crippen molar-refractivity contribution in [1.82, 2.24) is 10.2 Å². The largest absolute Gasteiger partial charge is 0.481 e. The van der Waals surface area contributed by atoms with E-state index in [0.717, 1.165) is 17.1 Å². The Bertz CT molecular complexity index is 484. The van der Waals surface area contributed by atoms with Crippen molar-refractivity contribution >= 4 is 31.5 Å². The van der Waals surface area contributed by atoms with E-state index in [-0.39, 0.29) is 44.2 Å². The number of nitrogens with one attached hydrogen (secondary N) is 1. The third-order valence-corrected chi connectivity index (χ3v) is 4.17. The fraction of sp³-hybridized carbons (Fsp3) is 0.500. The number of hydrogen-bond donors (Lipinski definition) is 2. The minimum atomic E-state index is -1.65. The van der Waals surface area contributed by atoms with Gasteiger partial charge < -0.3 is 10.4 Å². The molecule has 0 fully saturated rings. The summed E-state index contributed by atoms with van der Waals surface area (Å²) in [5.74, 6) is -2.24. The second-order valence-corrected chi connectivity index (χ2v) is 6.19. The Balaban J connectivity index is 2.14. The van der Waals surface area contributed by atoms with E-state index in [9.17, 15) is 23.7 Å². The maximum absolute atomic E-state index is 11.5. The molecule has 1 heterocycles. The van der Waals surface area contributed by atoms with Crippen LogP contribution in [0.15, 0.2) is 12.2 Å². The molecule has 1 rings (SSSR count). The predicted octanol–water partition coefficient (Wildman–Crippen LogP) is -0.280. The Hall–Kier alpha value is -2.08. The average Bonchev–Trinajstić information content (AvgIpc) is 2.73. The summed E-state index contributed by atoms with van der Waals surface area (Å²) in [6, 6.07) is 0. The van der Waals surface area contributed by atoms with Crippen molar-refractivity contribution in [1.29, 1.82) is 0 Å². The lowest BCUT2D eigenvalue weighted by Crippen LogP contribution is -2.35. The van der Waals surface area contributed by atoms with Gasteiger partial charge in [-0.1, -0.05) is 4.57 Å². The molecule has 8 nitrogen and oxygen atoms in total. The lowest BCUT2D eigenvalue weighted by Gasteiger charge is -2.12. The number of carbonyl (C=O) groups is 4. The molecule has 0 saturated heterocycles. The summed E-state index contributed by atoms with van der Waals surface area (Å²) in [7, 11) is -1.65. The van der Waals surface area contributed by atoms with Gasteiger partial charge in [0.2, 0.25) is 5.91 Å². The molecule has 1 aliphatic rings. The summed E-state index contributed by atoms with van der Waals surface area (Å²) in [6.45, 7) is 0.176. The maximum Gasteiger partial charge on any atom is 0.341 e. The number of carbonyl (C=O) groups excluding carboxylic acids is 3. The Morgan fingerprint density at radius 3 is 2.33 bits per heavy atom. The third-order valence-electron chi connectivity index (χ3n) is 2.72. The molecule has 0 saturated carbocycles. The van der Waals surface area contributed by atoms with Gasteiger partial charge in [-0.25, -0.2) is 0 Å². The number of aliphatic carboxylic acids is 1. The van der Waals surface area contributed by atoms with Crippen molar-refractivity contribution in [3.8, 4) is 0 Å². The van der Waals surface area contributed by atoms with E-state index in [4.69, 9.17) is 5.11 Å². The number of nitrogens with zero attached hydrogens (tertiary/aromatic N) is 1. The summed E-state index contributed by atoms with van der Waals surface area (Å²) < 4.78 is 11.4. The molecule has 1 aliphatic heterocycles. The predicted molar refractivity (Wildman–Crippen MR) is 73.1 cm³/mol. The number of hydrogen-bond acceptors (Lipinski definition) is 5. The highest BCUT2D eigenvalue weighted by Gasteiger charge is 2.23. The van der Waals surface area contributed by atoms with Crippen LogP contribution in [0.1, 0.15) is 12.8 Å². The number of amides is 3. The second kappa shape index (κ2) is 8.26. The molecule has 2 N–H and O–H groups in total. The van der Waals surface area contributed by atoms with Crippen molar-refractivity contribution in [2.45, 2.75) is 12.8 Å². The normalized spacial score (nSPS) is 14.5. The van der Waals surface area contributed by atoms with Crippen molar-refractivity contribution in [3.05, 3.63) is 12.2 Å². The molecule has 0 spiro atoms. The van der Waals surface area contributed by atoms with Crippen LogP contribution in [0, 0.1) is 0 Å². The number of carboxylic acids is 1. The van der Waals surface area contributed by atoms with Crippen LogP contribution in [0.4, 0.5) is 0 Å². The molecule has 9 heteroatoms. The van der Waals surface area contributed by atoms with Gasteiger partial charge in [-0.3, -0.25) is 24.1 Å². The third kappa shape index (κ3) is 6.27. The average molecular weight is 315 g/mol. The zero-order valence-corrected chi connectivity index (χ0v) is 12.2. The first kappa shape index (κ1) is 17.0. The van der Waals surface area contributed by atoms with Crippen LogP contribution in [-0.2, 0) is 23.7 Å². The molecule has 0 aromatic carbocycles. The Kier molecular flexibility index (Phi) is 6.68. The van der Waals surface area contributed by atoms with Crippen LogP contribution >= 0.6 is 7.80 Å². The molecule has 0 bridgehead atoms. The van der Waals surface area contributed by atoms with Gasteiger partial charge in [0.1, 0.15) is 0 Å². The SMILES string of the molecule is O=C(O)CC[P+](=O)CCNC(=O)CCN1C(=O)C=CC1=O. The van der Waals surface area contributed by atoms with Gasteiger partial charge in [0, 0.05) is 25.1 Å². The Morgan fingerprint density at radius 1 is 1.14 bits per heavy atom. The van der Waals surface area contributed by atoms with Crippen molar-refractivity contribution in [3.63, 3.8) is 0 Å². The zero-order valence-electron chi connectivity index (χ0n) is 11.3. The highest BCUT2D eigenvalue weighted by atomic mass is 31.1. The van der Waals surface area contributed by atoms with E-state index >= 15 is 0 Å². The van der Waals surface area contributed by atoms with E-state index in [1.54, 1.807) is 0 Å². The maximum atomic E-state index is 11.5. The van der Waals surface area contributed by atoms with Gasteiger partial charge in [-0.05, 0) is 0 Å². The summed E-state index contributed by atoms with van der Waals surface area (Å²) >= 11 is 0. The highest BCUT2D eigenvalue weighted by molar-refractivity contribution is 7.44. The minimum absolute atomic E-state index is 0.00164. The van der Waals surface area contributed by atoms with Gasteiger partial charge in [0.25, 0.3) is 11.8 Å². The molecule has 0 aromatic rings. The number of imide groups is 1. The Labute approximate surface area is 122 Å². The second-order valence-electron chi connectivity index (χ2n) is 4.33. The monoisotopic (exact) mass is 315 g/mol. The van der Waals surface area contributed by atoms with Crippen LogP contribution < -0.4 is 5.32 Å². The first-order chi connectivity index (χ1) is 9.90. The van der Waals surface area contributed by atoms with Crippen molar-refractivity contribution in [2.75, 3.05) is 25.4 Å². The molecule has 1 atom stereocenters. The smallest absolute Gasteiger partial charge is 0.341 e. The van der Waals surface area contributed by atoms with E-state index in [2.05, 4.69) is 5.32 Å². The summed E-state index contributed by atoms with van der Waals surface area (Å²) in [4.78, 5) is 45.2. The van der Waals surface area contributed by atoms with Crippen LogP contribution in [0.3, 0.4) is 0 Å². The molecule has 3 amide bonds. The first-order valence-corrected chi connectivity index (χ1v) is 7.97. The first-order valence-electron chi connectivity index (χ1n) is 6.34. The van der Waals surface area contributed by atoms with Crippen molar-refractivity contribution < 1.29 is 28.8 Å². The molecular formula is C12H16N2O6P+. The quantitative estimate of drug-likeness (QED) is 0.446. The standard InChI is InChI=1S/C12H15N2O6P/c15-9(3-6-14-10(16)1-2-11(14)17)13-5-8-21(20)7-4-12(18)19/h1-2H,3-8H2,(H-,13,15,18,19)/p+1. The molecule has 0 radical (unpaired) electrons. The van der Waals surface area contributed by atoms with Crippen LogP contribution in [-0.4, -0.2) is 59.1 Å². The molecule has 21 heavy (non-hydrogen) atoms. The number of carboxylic acid groups (broad SMARTS) is 1. The Morgan fingerprint density at radius 2 is 1.76 bits per heavy atom. The van der Waals surface area contributed by atoms with E-state index < -0.39 is 25.6 Å². The minimum Gasteiger partial charge on any atom is -0.481 e. The van der Waals surface area contributed by atoms with E-state index in [1.807, 2.05) is 0 Å². The fourth-order valence-electron chi connectivity index (χ4n) is 1.61. The van der Waals surface area contributed by atoms with Crippen molar-refractivity contribution in [2.24, 2.45) is 0 Å². The van der Waals surface area contributed by atoms with Crippen LogP contribution in [0.5, 0.6) is 0 Å². The van der Waals surface area contributed by atoms with Gasteiger partial charge in [-0.2, -0.15) is 0 Å². The van der Waals surface area contributed by atoms with Gasteiger partial charge in [0.15, 0.2) is 12.3 Å². The fourth-order valence-corrected chi connectivity index (χ4v) is 2.63. The lowest BCUT2D eigenvalue weighted by atomic mass is 10.3. The topological polar surface area (TPSA) is 121 Å². The summed E-state index contributed by atoms with van der Waals surface area (Å²) in [6.07, 6.45) is 2.40. The molecule has 114 valence electrons. The molecule has 0 aliphatic carbocycles. The van der Waals surface area contributed by atoms with Crippen LogP contribution in [0.25, 0.3) is 0 Å². The number of rotatable bonds is 9. The van der Waals surface area contributed by atoms with E-state index in [1.165, 1.54) is 0 Å². The lowest BCUT2D eigenvalue weighted by molar-refractivity contribution is -0.138. The molecular weight excluding hydrogens is 299 g/mol. The summed E-state index contributed by atoms with van der Waals surface area (Å²) in [5, 5.41) is 10.9. The van der Waals surface area contributed by atoms with Crippen LogP contribution in [0.2, 0.25) is 0 Å². The zero-order chi connectivity index (χ0) is 15.8. The van der Waals surface area contributed by atoms with Gasteiger partial charge in [0.05, 0.1) is 13.0 Å². The summed E-state index contributed by atoms with van der Waals surface area (Å²) in [5.41, 5.74) is 0. The van der Waals surface area contributed by atoms with Gasteiger partial charge >= 0.3 is 13.8 Å². The molecule has 1 unspecified atom stereocenters. The van der Waals surface area contributed by atoms with Gasteiger partial charge in [-0.15, -0.1) is 0 Å². The highest BCUT2D eigenvalue weighted by Crippen LogP contribution is 2.19. The molecule has 0 aromatic heterocycles. The van der Waals surface area contributed by atoms with E-state index in [0.29, 0.717) is 0 Å².